The van der Waals surface area contributed by atoms with Gasteiger partial charge in [-0.15, -0.1) is 0 Å². The second-order valence-corrected chi connectivity index (χ2v) is 5.10. The fourth-order valence-electron chi connectivity index (χ4n) is 1.26. The molecule has 0 aliphatic heterocycles. The Balaban J connectivity index is 4.47. The van der Waals surface area contributed by atoms with Crippen LogP contribution in [0.4, 0.5) is 8.78 Å². The third-order valence-electron chi connectivity index (χ3n) is 1.79. The van der Waals surface area contributed by atoms with Crippen molar-refractivity contribution >= 4 is 11.9 Å². The Hall–Kier alpha value is -1.20. The molecule has 0 spiro atoms. The van der Waals surface area contributed by atoms with Gasteiger partial charge >= 0.3 is 11.9 Å². The number of carboxylic acids is 1. The van der Waals surface area contributed by atoms with E-state index in [2.05, 4.69) is 0 Å². The van der Waals surface area contributed by atoms with Crippen molar-refractivity contribution in [2.75, 3.05) is 0 Å². The number of hydrogen-bond donors (Lipinski definition) is 1. The van der Waals surface area contributed by atoms with E-state index in [1.807, 2.05) is 0 Å². The van der Waals surface area contributed by atoms with Crippen LogP contribution in [0.3, 0.4) is 0 Å². The van der Waals surface area contributed by atoms with Gasteiger partial charge in [-0.1, -0.05) is 0 Å². The molecular weight excluding hydrogens is 234 g/mol. The van der Waals surface area contributed by atoms with Crippen LogP contribution in [0.1, 0.15) is 40.5 Å². The Morgan fingerprint density at radius 1 is 1.24 bits per heavy atom. The van der Waals surface area contributed by atoms with E-state index in [0.29, 0.717) is 6.92 Å². The number of carbonyl (C=O) groups excluding carboxylic acids is 1. The summed E-state index contributed by atoms with van der Waals surface area (Å²) in [5.74, 6) is -6.75. The average Bonchev–Trinajstić information content (AvgIpc) is 1.95. The molecule has 0 heterocycles. The largest absolute Gasteiger partial charge is 0.481 e. The first kappa shape index (κ1) is 15.8. The third kappa shape index (κ3) is 8.59. The summed E-state index contributed by atoms with van der Waals surface area (Å²) in [6.45, 7) is 5.48. The van der Waals surface area contributed by atoms with Crippen LogP contribution in [0.2, 0.25) is 0 Å². The predicted molar refractivity (Wildman–Crippen MR) is 56.8 cm³/mol. The monoisotopic (exact) mass is 252 g/mol. The minimum atomic E-state index is -3.12. The summed E-state index contributed by atoms with van der Waals surface area (Å²) in [7, 11) is 0. The van der Waals surface area contributed by atoms with Gasteiger partial charge < -0.3 is 9.84 Å². The molecule has 0 unspecified atom stereocenters. The Morgan fingerprint density at radius 2 is 1.71 bits per heavy atom. The molecule has 1 atom stereocenters. The molecule has 0 bridgehead atoms. The predicted octanol–water partition coefficient (Wildman–Crippen LogP) is 2.46. The SMILES string of the molecule is CC(F)(F)C[C@H](CC(=O)OC(C)(C)C)C(=O)O. The molecule has 0 aromatic carbocycles. The lowest BCUT2D eigenvalue weighted by Crippen LogP contribution is -2.29. The van der Waals surface area contributed by atoms with Crippen LogP contribution in [-0.2, 0) is 14.3 Å². The molecular formula is C11H18F2O4. The van der Waals surface area contributed by atoms with E-state index in [1.54, 1.807) is 20.8 Å². The van der Waals surface area contributed by atoms with Gasteiger partial charge in [-0.3, -0.25) is 9.59 Å². The number of carbonyl (C=O) groups is 2. The van der Waals surface area contributed by atoms with E-state index < -0.39 is 42.2 Å². The molecule has 0 rings (SSSR count). The molecule has 0 aliphatic carbocycles. The normalized spacial score (nSPS) is 14.2. The van der Waals surface area contributed by atoms with Gasteiger partial charge in [0.05, 0.1) is 12.3 Å². The second kappa shape index (κ2) is 5.42. The first-order valence-corrected chi connectivity index (χ1v) is 5.23. The van der Waals surface area contributed by atoms with Gasteiger partial charge in [0.1, 0.15) is 5.60 Å². The summed E-state index contributed by atoms with van der Waals surface area (Å²) < 4.78 is 30.3. The van der Waals surface area contributed by atoms with Crippen molar-refractivity contribution in [3.63, 3.8) is 0 Å². The Labute approximate surface area is 99.0 Å². The van der Waals surface area contributed by atoms with Gasteiger partial charge in [-0.2, -0.15) is 0 Å². The highest BCUT2D eigenvalue weighted by Crippen LogP contribution is 2.25. The molecule has 0 aromatic rings. The zero-order chi connectivity index (χ0) is 13.9. The zero-order valence-electron chi connectivity index (χ0n) is 10.4. The van der Waals surface area contributed by atoms with E-state index in [-0.39, 0.29) is 0 Å². The van der Waals surface area contributed by atoms with Gasteiger partial charge in [0.25, 0.3) is 0 Å². The highest BCUT2D eigenvalue weighted by Gasteiger charge is 2.33. The summed E-state index contributed by atoms with van der Waals surface area (Å²) in [5, 5.41) is 8.74. The highest BCUT2D eigenvalue weighted by atomic mass is 19.3. The van der Waals surface area contributed by atoms with E-state index in [1.165, 1.54) is 0 Å². The number of alkyl halides is 2. The lowest BCUT2D eigenvalue weighted by Gasteiger charge is -2.22. The second-order valence-electron chi connectivity index (χ2n) is 5.10. The maximum Gasteiger partial charge on any atom is 0.307 e. The van der Waals surface area contributed by atoms with Crippen LogP contribution in [-0.4, -0.2) is 28.6 Å². The first-order chi connectivity index (χ1) is 7.41. The van der Waals surface area contributed by atoms with E-state index >= 15 is 0 Å². The maximum atomic E-state index is 12.7. The van der Waals surface area contributed by atoms with Crippen molar-refractivity contribution in [2.24, 2.45) is 5.92 Å². The van der Waals surface area contributed by atoms with Crippen molar-refractivity contribution in [2.45, 2.75) is 52.1 Å². The Kier molecular flexibility index (Phi) is 5.04. The highest BCUT2D eigenvalue weighted by molar-refractivity contribution is 5.79. The van der Waals surface area contributed by atoms with Gasteiger partial charge in [-0.25, -0.2) is 8.78 Å². The van der Waals surface area contributed by atoms with E-state index in [4.69, 9.17) is 9.84 Å². The minimum Gasteiger partial charge on any atom is -0.481 e. The van der Waals surface area contributed by atoms with E-state index in [9.17, 15) is 18.4 Å². The molecule has 17 heavy (non-hydrogen) atoms. The smallest absolute Gasteiger partial charge is 0.307 e. The number of halogens is 2. The number of hydrogen-bond acceptors (Lipinski definition) is 3. The molecule has 0 aliphatic rings. The first-order valence-electron chi connectivity index (χ1n) is 5.23. The number of ether oxygens (including phenoxy) is 1. The summed E-state index contributed by atoms with van der Waals surface area (Å²) in [5.41, 5.74) is -0.755. The van der Waals surface area contributed by atoms with E-state index in [0.717, 1.165) is 0 Å². The van der Waals surface area contributed by atoms with Crippen LogP contribution in [0.25, 0.3) is 0 Å². The van der Waals surface area contributed by atoms with Crippen LogP contribution < -0.4 is 0 Å². The summed E-state index contributed by atoms with van der Waals surface area (Å²) in [4.78, 5) is 22.1. The van der Waals surface area contributed by atoms with Crippen molar-refractivity contribution < 1.29 is 28.2 Å². The maximum absolute atomic E-state index is 12.7. The molecule has 0 amide bonds. The third-order valence-corrected chi connectivity index (χ3v) is 1.79. The standard InChI is InChI=1S/C11H18F2O4/c1-10(2,3)17-8(14)5-7(9(15)16)6-11(4,12)13/h7H,5-6H2,1-4H3,(H,15,16)/t7-/m0/s1. The topological polar surface area (TPSA) is 63.6 Å². The molecule has 0 saturated carbocycles. The summed E-state index contributed by atoms with van der Waals surface area (Å²) in [6, 6.07) is 0. The van der Waals surface area contributed by atoms with Crippen LogP contribution in [0, 0.1) is 5.92 Å². The summed E-state index contributed by atoms with van der Waals surface area (Å²) in [6.07, 6.45) is -1.42. The Bertz CT molecular complexity index is 289. The fourth-order valence-corrected chi connectivity index (χ4v) is 1.26. The van der Waals surface area contributed by atoms with Gasteiger partial charge in [0, 0.05) is 6.42 Å². The van der Waals surface area contributed by atoms with Crippen LogP contribution in [0.5, 0.6) is 0 Å². The Morgan fingerprint density at radius 3 is 2.00 bits per heavy atom. The fraction of sp³-hybridized carbons (Fsp3) is 0.818. The van der Waals surface area contributed by atoms with Crippen molar-refractivity contribution in [1.29, 1.82) is 0 Å². The van der Waals surface area contributed by atoms with Crippen LogP contribution in [0.15, 0.2) is 0 Å². The molecule has 6 heteroatoms. The molecule has 4 nitrogen and oxygen atoms in total. The summed E-state index contributed by atoms with van der Waals surface area (Å²) >= 11 is 0. The zero-order valence-corrected chi connectivity index (χ0v) is 10.4. The number of esters is 1. The lowest BCUT2D eigenvalue weighted by molar-refractivity contribution is -0.161. The number of rotatable bonds is 5. The van der Waals surface area contributed by atoms with Gasteiger partial charge in [0.2, 0.25) is 5.92 Å². The van der Waals surface area contributed by atoms with Crippen molar-refractivity contribution in [1.82, 2.24) is 0 Å². The molecule has 0 fully saturated rings. The van der Waals surface area contributed by atoms with Gasteiger partial charge in [-0.05, 0) is 27.7 Å². The molecule has 0 aromatic heterocycles. The number of carboxylic acid groups (broad SMARTS) is 1. The minimum absolute atomic E-state index is 0.546. The molecule has 0 saturated heterocycles. The average molecular weight is 252 g/mol. The molecule has 0 radical (unpaired) electrons. The lowest BCUT2D eigenvalue weighted by atomic mass is 9.98. The quantitative estimate of drug-likeness (QED) is 0.763. The van der Waals surface area contributed by atoms with Crippen LogP contribution >= 0.6 is 0 Å². The van der Waals surface area contributed by atoms with Gasteiger partial charge in [0.15, 0.2) is 0 Å². The van der Waals surface area contributed by atoms with Crippen molar-refractivity contribution in [3.8, 4) is 0 Å². The molecule has 1 N–H and O–H groups in total. The van der Waals surface area contributed by atoms with Crippen molar-refractivity contribution in [3.05, 3.63) is 0 Å². The molecule has 100 valence electrons. The number of aliphatic carboxylic acids is 1.